The highest BCUT2D eigenvalue weighted by Crippen LogP contribution is 2.21. The molecule has 0 radical (unpaired) electrons. The molecule has 158 valence electrons. The highest BCUT2D eigenvalue weighted by Gasteiger charge is 2.31. The summed E-state index contributed by atoms with van der Waals surface area (Å²) in [6.45, 7) is 4.80. The Balaban J connectivity index is 1.52. The smallest absolute Gasteiger partial charge is 0.240 e. The van der Waals surface area contributed by atoms with Crippen molar-refractivity contribution in [1.82, 2.24) is 20.8 Å². The lowest BCUT2D eigenvalue weighted by Crippen LogP contribution is -2.46. The van der Waals surface area contributed by atoms with Crippen LogP contribution in [0.1, 0.15) is 69.9 Å². The highest BCUT2D eigenvalue weighted by atomic mass is 16.5. The summed E-state index contributed by atoms with van der Waals surface area (Å²) >= 11 is 0. The van der Waals surface area contributed by atoms with E-state index in [0.29, 0.717) is 24.7 Å². The monoisotopic (exact) mass is 400 g/mol. The van der Waals surface area contributed by atoms with Gasteiger partial charge in [-0.2, -0.15) is 4.98 Å². The number of benzene rings is 1. The summed E-state index contributed by atoms with van der Waals surface area (Å²) in [7, 11) is 0. The van der Waals surface area contributed by atoms with Gasteiger partial charge in [-0.25, -0.2) is 0 Å². The third-order valence-electron chi connectivity index (χ3n) is 5.46. The molecule has 1 aromatic heterocycles. The van der Waals surface area contributed by atoms with Crippen molar-refractivity contribution in [3.8, 4) is 11.4 Å². The van der Waals surface area contributed by atoms with Gasteiger partial charge in [-0.1, -0.05) is 62.0 Å². The maximum atomic E-state index is 12.3. The van der Waals surface area contributed by atoms with E-state index in [9.17, 15) is 9.90 Å². The molecule has 3 unspecified atom stereocenters. The predicted molar refractivity (Wildman–Crippen MR) is 111 cm³/mol. The van der Waals surface area contributed by atoms with E-state index in [4.69, 9.17) is 4.52 Å². The summed E-state index contributed by atoms with van der Waals surface area (Å²) in [5.74, 6) is 1.10. The number of unbranched alkanes of at least 4 members (excludes halogenated alkanes) is 4. The Morgan fingerprint density at radius 3 is 2.72 bits per heavy atom. The van der Waals surface area contributed by atoms with Gasteiger partial charge in [0.1, 0.15) is 6.04 Å². The van der Waals surface area contributed by atoms with Gasteiger partial charge in [0.05, 0.1) is 12.1 Å². The molecule has 1 amide bonds. The number of aliphatic hydroxyl groups excluding tert-OH is 1. The Hall–Kier alpha value is -2.25. The number of hydrogen-bond acceptors (Lipinski definition) is 6. The minimum Gasteiger partial charge on any atom is -0.391 e. The normalized spacial score (nSPS) is 20.0. The van der Waals surface area contributed by atoms with Gasteiger partial charge in [0.2, 0.25) is 17.6 Å². The van der Waals surface area contributed by atoms with Crippen LogP contribution >= 0.6 is 0 Å². The fourth-order valence-corrected chi connectivity index (χ4v) is 3.62. The second-order valence-corrected chi connectivity index (χ2v) is 7.82. The van der Waals surface area contributed by atoms with Crippen molar-refractivity contribution in [1.29, 1.82) is 0 Å². The second kappa shape index (κ2) is 10.5. The summed E-state index contributed by atoms with van der Waals surface area (Å²) in [4.78, 5) is 16.8. The number of hydrogen-bond donors (Lipinski definition) is 3. The van der Waals surface area contributed by atoms with E-state index in [-0.39, 0.29) is 11.9 Å². The SMILES string of the molecule is CCCCCCCc1nc(-c2ccc(C(C)NC(=O)C3NCCC3O)cc2)no1. The lowest BCUT2D eigenvalue weighted by Gasteiger charge is -2.19. The average Bonchev–Trinajstić information content (AvgIpc) is 3.37. The first-order valence-corrected chi connectivity index (χ1v) is 10.7. The number of nitrogens with one attached hydrogen (secondary N) is 2. The summed E-state index contributed by atoms with van der Waals surface area (Å²) < 4.78 is 5.37. The Kier molecular flexibility index (Phi) is 7.77. The van der Waals surface area contributed by atoms with E-state index >= 15 is 0 Å². The number of nitrogens with zero attached hydrogens (tertiary/aromatic N) is 2. The molecule has 3 atom stereocenters. The van der Waals surface area contributed by atoms with Crippen molar-refractivity contribution >= 4 is 5.91 Å². The zero-order valence-corrected chi connectivity index (χ0v) is 17.4. The fraction of sp³-hybridized carbons (Fsp3) is 0.591. The molecule has 0 bridgehead atoms. The molecular formula is C22H32N4O3. The minimum atomic E-state index is -0.622. The Morgan fingerprint density at radius 2 is 2.03 bits per heavy atom. The third-order valence-corrected chi connectivity index (χ3v) is 5.46. The number of carbonyl (C=O) groups is 1. The van der Waals surface area contributed by atoms with E-state index < -0.39 is 12.1 Å². The summed E-state index contributed by atoms with van der Waals surface area (Å²) in [5, 5.41) is 19.9. The number of aryl methyl sites for hydroxylation is 1. The average molecular weight is 401 g/mol. The van der Waals surface area contributed by atoms with Crippen LogP contribution in [-0.2, 0) is 11.2 Å². The zero-order chi connectivity index (χ0) is 20.6. The Labute approximate surface area is 172 Å². The van der Waals surface area contributed by atoms with Crippen molar-refractivity contribution in [2.24, 2.45) is 0 Å². The molecule has 3 N–H and O–H groups in total. The van der Waals surface area contributed by atoms with Crippen LogP contribution in [0.5, 0.6) is 0 Å². The van der Waals surface area contributed by atoms with Crippen LogP contribution in [0.15, 0.2) is 28.8 Å². The van der Waals surface area contributed by atoms with E-state index in [1.807, 2.05) is 31.2 Å². The number of carbonyl (C=O) groups excluding carboxylic acids is 1. The lowest BCUT2D eigenvalue weighted by atomic mass is 10.0. The molecule has 1 fully saturated rings. The van der Waals surface area contributed by atoms with Crippen LogP contribution in [0, 0.1) is 0 Å². The number of aliphatic hydroxyl groups is 1. The summed E-state index contributed by atoms with van der Waals surface area (Å²) in [6.07, 6.45) is 6.83. The molecule has 0 saturated carbocycles. The first-order valence-electron chi connectivity index (χ1n) is 10.7. The topological polar surface area (TPSA) is 100 Å². The molecule has 3 rings (SSSR count). The van der Waals surface area contributed by atoms with Gasteiger partial charge in [-0.15, -0.1) is 0 Å². The number of rotatable bonds is 10. The standard InChI is InChI=1S/C22H32N4O3/c1-3-4-5-6-7-8-19-25-21(26-29-19)17-11-9-16(10-12-17)15(2)24-22(28)20-18(27)13-14-23-20/h9-12,15,18,20,23,27H,3-8,13-14H2,1-2H3,(H,24,28). The van der Waals surface area contributed by atoms with Crippen LogP contribution in [0.25, 0.3) is 11.4 Å². The molecule has 2 aromatic rings. The predicted octanol–water partition coefficient (Wildman–Crippen LogP) is 3.15. The van der Waals surface area contributed by atoms with Gasteiger partial charge < -0.3 is 20.3 Å². The number of amides is 1. The van der Waals surface area contributed by atoms with Crippen molar-refractivity contribution in [2.75, 3.05) is 6.54 Å². The van der Waals surface area contributed by atoms with E-state index in [1.165, 1.54) is 25.7 Å². The van der Waals surface area contributed by atoms with Crippen LogP contribution in [0.2, 0.25) is 0 Å². The van der Waals surface area contributed by atoms with Crippen LogP contribution in [-0.4, -0.2) is 39.8 Å². The van der Waals surface area contributed by atoms with Gasteiger partial charge in [0, 0.05) is 12.0 Å². The molecule has 7 heteroatoms. The Bertz CT molecular complexity index is 775. The maximum absolute atomic E-state index is 12.3. The first-order chi connectivity index (χ1) is 14.1. The van der Waals surface area contributed by atoms with E-state index in [1.54, 1.807) is 0 Å². The molecule has 1 aliphatic heterocycles. The van der Waals surface area contributed by atoms with Crippen molar-refractivity contribution in [3.05, 3.63) is 35.7 Å². The number of aromatic nitrogens is 2. The molecule has 1 aliphatic rings. The Morgan fingerprint density at radius 1 is 1.28 bits per heavy atom. The van der Waals surface area contributed by atoms with Crippen molar-refractivity contribution in [3.63, 3.8) is 0 Å². The largest absolute Gasteiger partial charge is 0.391 e. The minimum absolute atomic E-state index is 0.157. The highest BCUT2D eigenvalue weighted by molar-refractivity contribution is 5.83. The van der Waals surface area contributed by atoms with E-state index in [2.05, 4.69) is 27.7 Å². The van der Waals surface area contributed by atoms with Gasteiger partial charge in [0.15, 0.2) is 0 Å². The summed E-state index contributed by atoms with van der Waals surface area (Å²) in [6, 6.07) is 7.11. The molecule has 0 aliphatic carbocycles. The van der Waals surface area contributed by atoms with Gasteiger partial charge in [0.25, 0.3) is 0 Å². The molecule has 7 nitrogen and oxygen atoms in total. The van der Waals surface area contributed by atoms with Gasteiger partial charge in [-0.05, 0) is 31.9 Å². The molecule has 29 heavy (non-hydrogen) atoms. The van der Waals surface area contributed by atoms with Crippen molar-refractivity contribution in [2.45, 2.75) is 77.0 Å². The van der Waals surface area contributed by atoms with Gasteiger partial charge in [-0.3, -0.25) is 4.79 Å². The molecule has 1 aromatic carbocycles. The third kappa shape index (κ3) is 5.87. The van der Waals surface area contributed by atoms with Crippen LogP contribution in [0.4, 0.5) is 0 Å². The molecule has 1 saturated heterocycles. The lowest BCUT2D eigenvalue weighted by molar-refractivity contribution is -0.125. The molecule has 2 heterocycles. The zero-order valence-electron chi connectivity index (χ0n) is 17.4. The van der Waals surface area contributed by atoms with Crippen LogP contribution < -0.4 is 10.6 Å². The quantitative estimate of drug-likeness (QED) is 0.530. The second-order valence-electron chi connectivity index (χ2n) is 7.82. The fourth-order valence-electron chi connectivity index (χ4n) is 3.62. The molecular weight excluding hydrogens is 368 g/mol. The van der Waals surface area contributed by atoms with Gasteiger partial charge >= 0.3 is 0 Å². The van der Waals surface area contributed by atoms with Crippen LogP contribution in [0.3, 0.4) is 0 Å². The van der Waals surface area contributed by atoms with Crippen molar-refractivity contribution < 1.29 is 14.4 Å². The first kappa shape index (κ1) is 21.5. The summed E-state index contributed by atoms with van der Waals surface area (Å²) in [5.41, 5.74) is 1.87. The molecule has 0 spiro atoms. The maximum Gasteiger partial charge on any atom is 0.240 e. The van der Waals surface area contributed by atoms with E-state index in [0.717, 1.165) is 24.0 Å².